The zero-order chi connectivity index (χ0) is 12.4. The van der Waals surface area contributed by atoms with Gasteiger partial charge in [0.2, 0.25) is 0 Å². The number of anilines is 1. The number of benzene rings is 1. The van der Waals surface area contributed by atoms with Crippen LogP contribution in [0.2, 0.25) is 0 Å². The molecule has 1 aromatic carbocycles. The molecule has 0 bridgehead atoms. The van der Waals surface area contributed by atoms with Crippen LogP contribution in [-0.4, -0.2) is 28.7 Å². The molecule has 2 aromatic rings. The van der Waals surface area contributed by atoms with E-state index in [9.17, 15) is 0 Å². The van der Waals surface area contributed by atoms with E-state index in [2.05, 4.69) is 27.2 Å². The van der Waals surface area contributed by atoms with Crippen molar-refractivity contribution >= 4 is 28.2 Å². The van der Waals surface area contributed by atoms with Gasteiger partial charge in [0.05, 0.1) is 6.20 Å². The van der Waals surface area contributed by atoms with Crippen LogP contribution in [0.15, 0.2) is 30.5 Å². The second-order valence-corrected chi connectivity index (χ2v) is 5.10. The molecule has 0 atom stereocenters. The van der Waals surface area contributed by atoms with E-state index >= 15 is 0 Å². The molecule has 94 valence electrons. The van der Waals surface area contributed by atoms with E-state index in [0.717, 1.165) is 17.7 Å². The summed E-state index contributed by atoms with van der Waals surface area (Å²) in [4.78, 5) is 2.33. The van der Waals surface area contributed by atoms with Gasteiger partial charge >= 0.3 is 0 Å². The third-order valence-electron chi connectivity index (χ3n) is 3.66. The monoisotopic (exact) mass is 261 g/mol. The maximum absolute atomic E-state index is 5.93. The first-order chi connectivity index (χ1) is 8.90. The van der Waals surface area contributed by atoms with Gasteiger partial charge in [-0.05, 0) is 19.3 Å². The summed E-state index contributed by atoms with van der Waals surface area (Å²) >= 11 is 5.93. The van der Waals surface area contributed by atoms with Crippen molar-refractivity contribution < 1.29 is 0 Å². The summed E-state index contributed by atoms with van der Waals surface area (Å²) in [5.41, 5.74) is 0. The molecule has 0 saturated heterocycles. The fourth-order valence-electron chi connectivity index (χ4n) is 2.48. The van der Waals surface area contributed by atoms with E-state index in [-0.39, 0.29) is 0 Å². The minimum Gasteiger partial charge on any atom is -0.350 e. The lowest BCUT2D eigenvalue weighted by Crippen LogP contribution is -2.42. The summed E-state index contributed by atoms with van der Waals surface area (Å²) in [6.45, 7) is 0.842. The largest absolute Gasteiger partial charge is 0.350 e. The van der Waals surface area contributed by atoms with E-state index in [4.69, 9.17) is 11.6 Å². The van der Waals surface area contributed by atoms with Crippen LogP contribution < -0.4 is 4.90 Å². The van der Waals surface area contributed by atoms with Gasteiger partial charge in [-0.25, -0.2) is 0 Å². The second kappa shape index (κ2) is 5.11. The van der Waals surface area contributed by atoms with Gasteiger partial charge in [-0.1, -0.05) is 24.3 Å². The number of nitrogens with zero attached hydrogens (tertiary/aromatic N) is 3. The maximum Gasteiger partial charge on any atom is 0.159 e. The summed E-state index contributed by atoms with van der Waals surface area (Å²) in [5.74, 6) is 1.61. The van der Waals surface area contributed by atoms with Crippen LogP contribution in [-0.2, 0) is 0 Å². The van der Waals surface area contributed by atoms with Crippen molar-refractivity contribution in [3.05, 3.63) is 30.5 Å². The molecule has 1 aliphatic carbocycles. The Labute approximate surface area is 112 Å². The SMILES string of the molecule is ClCCN(c1nncc2ccccc12)C1CCC1. The normalized spacial score (nSPS) is 15.6. The Hall–Kier alpha value is -1.35. The topological polar surface area (TPSA) is 29.0 Å². The van der Waals surface area contributed by atoms with Crippen LogP contribution in [0.1, 0.15) is 19.3 Å². The van der Waals surface area contributed by atoms with Crippen molar-refractivity contribution in [1.29, 1.82) is 0 Å². The van der Waals surface area contributed by atoms with Gasteiger partial charge in [-0.15, -0.1) is 16.7 Å². The van der Waals surface area contributed by atoms with Crippen molar-refractivity contribution in [2.45, 2.75) is 25.3 Å². The molecule has 18 heavy (non-hydrogen) atoms. The Morgan fingerprint density at radius 2 is 2.11 bits per heavy atom. The number of hydrogen-bond acceptors (Lipinski definition) is 3. The highest BCUT2D eigenvalue weighted by atomic mass is 35.5. The number of rotatable bonds is 4. The predicted octanol–water partition coefficient (Wildman–Crippen LogP) is 3.23. The molecule has 3 rings (SSSR count). The van der Waals surface area contributed by atoms with Crippen LogP contribution in [0.25, 0.3) is 10.8 Å². The summed E-state index contributed by atoms with van der Waals surface area (Å²) in [6.07, 6.45) is 5.60. The molecule has 0 radical (unpaired) electrons. The van der Waals surface area contributed by atoms with Crippen molar-refractivity contribution in [2.24, 2.45) is 0 Å². The molecule has 0 N–H and O–H groups in total. The van der Waals surface area contributed by atoms with Gasteiger partial charge in [0.15, 0.2) is 5.82 Å². The van der Waals surface area contributed by atoms with Crippen molar-refractivity contribution in [3.8, 4) is 0 Å². The van der Waals surface area contributed by atoms with Crippen LogP contribution >= 0.6 is 11.6 Å². The molecule has 1 heterocycles. The standard InChI is InChI=1S/C14H16ClN3/c15-8-9-18(12-5-3-6-12)14-13-7-2-1-4-11(13)10-16-17-14/h1-2,4,7,10,12H,3,5-6,8-9H2. The summed E-state index contributed by atoms with van der Waals surface area (Å²) < 4.78 is 0. The number of alkyl halides is 1. The molecule has 3 nitrogen and oxygen atoms in total. The molecular weight excluding hydrogens is 246 g/mol. The fraction of sp³-hybridized carbons (Fsp3) is 0.429. The first kappa shape index (κ1) is 11.7. The number of fused-ring (bicyclic) bond motifs is 1. The van der Waals surface area contributed by atoms with Gasteiger partial charge < -0.3 is 4.90 Å². The number of hydrogen-bond donors (Lipinski definition) is 0. The highest BCUT2D eigenvalue weighted by Crippen LogP contribution is 2.31. The number of aromatic nitrogens is 2. The van der Waals surface area contributed by atoms with Crippen LogP contribution in [0.5, 0.6) is 0 Å². The summed E-state index contributed by atoms with van der Waals surface area (Å²) in [5, 5.41) is 10.8. The van der Waals surface area contributed by atoms with E-state index < -0.39 is 0 Å². The molecule has 0 aliphatic heterocycles. The zero-order valence-electron chi connectivity index (χ0n) is 10.2. The van der Waals surface area contributed by atoms with Crippen molar-refractivity contribution in [2.75, 3.05) is 17.3 Å². The molecular formula is C14H16ClN3. The minimum absolute atomic E-state index is 0.587. The van der Waals surface area contributed by atoms with Crippen molar-refractivity contribution in [1.82, 2.24) is 10.2 Å². The Morgan fingerprint density at radius 1 is 1.28 bits per heavy atom. The van der Waals surface area contributed by atoms with Crippen molar-refractivity contribution in [3.63, 3.8) is 0 Å². The Kier molecular flexibility index (Phi) is 3.33. The van der Waals surface area contributed by atoms with Gasteiger partial charge in [0.1, 0.15) is 0 Å². The van der Waals surface area contributed by atoms with Gasteiger partial charge in [-0.3, -0.25) is 0 Å². The average molecular weight is 262 g/mol. The van der Waals surface area contributed by atoms with Crippen LogP contribution in [0.4, 0.5) is 5.82 Å². The molecule has 1 fully saturated rings. The number of halogens is 1. The summed E-state index contributed by atoms with van der Waals surface area (Å²) in [7, 11) is 0. The lowest BCUT2D eigenvalue weighted by atomic mass is 9.91. The fourth-order valence-corrected chi connectivity index (χ4v) is 2.66. The van der Waals surface area contributed by atoms with E-state index in [1.54, 1.807) is 0 Å². The Bertz CT molecular complexity index is 534. The highest BCUT2D eigenvalue weighted by Gasteiger charge is 2.26. The second-order valence-electron chi connectivity index (χ2n) is 4.72. The van der Waals surface area contributed by atoms with E-state index in [1.807, 2.05) is 18.3 Å². The maximum atomic E-state index is 5.93. The van der Waals surface area contributed by atoms with Crippen LogP contribution in [0.3, 0.4) is 0 Å². The van der Waals surface area contributed by atoms with Gasteiger partial charge in [0, 0.05) is 29.2 Å². The van der Waals surface area contributed by atoms with Gasteiger partial charge in [0.25, 0.3) is 0 Å². The first-order valence-electron chi connectivity index (χ1n) is 6.43. The molecule has 4 heteroatoms. The minimum atomic E-state index is 0.587. The first-order valence-corrected chi connectivity index (χ1v) is 6.96. The average Bonchev–Trinajstić information content (AvgIpc) is 2.35. The molecule has 1 aromatic heterocycles. The molecule has 0 spiro atoms. The molecule has 1 saturated carbocycles. The predicted molar refractivity (Wildman–Crippen MR) is 75.2 cm³/mol. The lowest BCUT2D eigenvalue weighted by Gasteiger charge is -2.38. The zero-order valence-corrected chi connectivity index (χ0v) is 11.0. The molecule has 1 aliphatic rings. The quantitative estimate of drug-likeness (QED) is 0.792. The Morgan fingerprint density at radius 3 is 2.83 bits per heavy atom. The van der Waals surface area contributed by atoms with E-state index in [0.29, 0.717) is 11.9 Å². The van der Waals surface area contributed by atoms with E-state index in [1.165, 1.54) is 24.6 Å². The molecule has 0 unspecified atom stereocenters. The van der Waals surface area contributed by atoms with Gasteiger partial charge in [-0.2, -0.15) is 5.10 Å². The molecule has 0 amide bonds. The lowest BCUT2D eigenvalue weighted by molar-refractivity contribution is 0.388. The third-order valence-corrected chi connectivity index (χ3v) is 3.83. The highest BCUT2D eigenvalue weighted by molar-refractivity contribution is 6.18. The Balaban J connectivity index is 2.04. The third kappa shape index (κ3) is 2.03. The smallest absolute Gasteiger partial charge is 0.159 e. The van der Waals surface area contributed by atoms with Crippen LogP contribution in [0, 0.1) is 0 Å². The summed E-state index contributed by atoms with van der Waals surface area (Å²) in [6, 6.07) is 8.85.